The lowest BCUT2D eigenvalue weighted by molar-refractivity contribution is 0.0859. The molecule has 0 N–H and O–H groups in total. The van der Waals surface area contributed by atoms with Crippen LogP contribution in [0.5, 0.6) is 0 Å². The average Bonchev–Trinajstić information content (AvgIpc) is 2.29. The van der Waals surface area contributed by atoms with Gasteiger partial charge in [0, 0.05) is 5.56 Å². The van der Waals surface area contributed by atoms with Gasteiger partial charge in [0.2, 0.25) is 0 Å². The predicted molar refractivity (Wildman–Crippen MR) is 60.2 cm³/mol. The summed E-state index contributed by atoms with van der Waals surface area (Å²) < 4.78 is 24.2. The Morgan fingerprint density at radius 1 is 1.31 bits per heavy atom. The third-order valence-corrected chi connectivity index (χ3v) is 4.39. The molecular formula is C11H11NO3S. The Morgan fingerprint density at radius 2 is 1.94 bits per heavy atom. The van der Waals surface area contributed by atoms with E-state index in [1.165, 1.54) is 6.08 Å². The molecular weight excluding hydrogens is 226 g/mol. The standard InChI is InChI=1S/C11H11NO3S/c1-2-10-8-12(16(10,14)15)11(13)9-6-4-3-5-7-9/h2-7H,8H2,1H3/b10-2+. The van der Waals surface area contributed by atoms with Crippen LogP contribution in [0.1, 0.15) is 17.3 Å². The van der Waals surface area contributed by atoms with Crippen LogP contribution in [0, 0.1) is 0 Å². The lowest BCUT2D eigenvalue weighted by Crippen LogP contribution is -2.49. The second kappa shape index (κ2) is 3.75. The van der Waals surface area contributed by atoms with Gasteiger partial charge >= 0.3 is 0 Å². The third-order valence-electron chi connectivity index (χ3n) is 2.49. The number of carbonyl (C=O) groups is 1. The lowest BCUT2D eigenvalue weighted by atomic mass is 10.2. The molecule has 84 valence electrons. The highest BCUT2D eigenvalue weighted by Gasteiger charge is 2.41. The SMILES string of the molecule is C/C=C1\CN(C(=O)c2ccccc2)S1(=O)=O. The number of amides is 1. The predicted octanol–water partition coefficient (Wildman–Crippen LogP) is 1.38. The van der Waals surface area contributed by atoms with E-state index < -0.39 is 15.9 Å². The van der Waals surface area contributed by atoms with Gasteiger partial charge in [0.25, 0.3) is 15.9 Å². The molecule has 0 spiro atoms. The Labute approximate surface area is 94.2 Å². The fraction of sp³-hybridized carbons (Fsp3) is 0.182. The normalized spacial score (nSPS) is 20.6. The van der Waals surface area contributed by atoms with Gasteiger partial charge in [0.15, 0.2) is 0 Å². The summed E-state index contributed by atoms with van der Waals surface area (Å²) in [5.41, 5.74) is 0.390. The number of rotatable bonds is 1. The first-order valence-corrected chi connectivity index (χ1v) is 6.28. The molecule has 16 heavy (non-hydrogen) atoms. The van der Waals surface area contributed by atoms with Crippen LogP contribution in [0.4, 0.5) is 0 Å². The highest BCUT2D eigenvalue weighted by Crippen LogP contribution is 2.27. The Balaban J connectivity index is 2.28. The van der Waals surface area contributed by atoms with Gasteiger partial charge in [-0.05, 0) is 19.1 Å². The van der Waals surface area contributed by atoms with Gasteiger partial charge in [0.1, 0.15) is 0 Å². The zero-order chi connectivity index (χ0) is 11.8. The molecule has 0 radical (unpaired) electrons. The summed E-state index contributed by atoms with van der Waals surface area (Å²) in [6.07, 6.45) is 1.52. The molecule has 1 heterocycles. The van der Waals surface area contributed by atoms with Gasteiger partial charge in [-0.1, -0.05) is 24.3 Å². The first kappa shape index (κ1) is 10.9. The molecule has 1 aromatic rings. The molecule has 1 aromatic carbocycles. The second-order valence-corrected chi connectivity index (χ2v) is 5.35. The summed E-state index contributed by atoms with van der Waals surface area (Å²) in [7, 11) is -3.52. The van der Waals surface area contributed by atoms with E-state index in [9.17, 15) is 13.2 Å². The van der Waals surface area contributed by atoms with E-state index in [-0.39, 0.29) is 6.54 Å². The molecule has 2 rings (SSSR count). The Bertz CT molecular complexity index is 546. The molecule has 1 saturated heterocycles. The van der Waals surface area contributed by atoms with Crippen molar-refractivity contribution >= 4 is 15.9 Å². The minimum Gasteiger partial charge on any atom is -0.268 e. The van der Waals surface area contributed by atoms with Crippen LogP contribution < -0.4 is 0 Å². The molecule has 1 aliphatic rings. The highest BCUT2D eigenvalue weighted by molar-refractivity contribution is 7.95. The molecule has 0 bridgehead atoms. The number of hydrogen-bond donors (Lipinski definition) is 0. The van der Waals surface area contributed by atoms with Gasteiger partial charge in [-0.3, -0.25) is 4.79 Å². The van der Waals surface area contributed by atoms with E-state index in [0.717, 1.165) is 4.31 Å². The summed E-state index contributed by atoms with van der Waals surface area (Å²) in [5, 5.41) is 0. The molecule has 5 heteroatoms. The zero-order valence-electron chi connectivity index (χ0n) is 8.75. The molecule has 0 unspecified atom stereocenters. The van der Waals surface area contributed by atoms with E-state index in [0.29, 0.717) is 10.5 Å². The Morgan fingerprint density at radius 3 is 2.44 bits per heavy atom. The summed E-state index contributed by atoms with van der Waals surface area (Å²) in [5.74, 6) is -0.466. The largest absolute Gasteiger partial charge is 0.268 e. The minimum atomic E-state index is -3.52. The van der Waals surface area contributed by atoms with Crippen molar-refractivity contribution in [1.29, 1.82) is 0 Å². The van der Waals surface area contributed by atoms with E-state index in [4.69, 9.17) is 0 Å². The fourth-order valence-corrected chi connectivity index (χ4v) is 2.82. The van der Waals surface area contributed by atoms with Crippen molar-refractivity contribution in [3.63, 3.8) is 0 Å². The summed E-state index contributed by atoms with van der Waals surface area (Å²) >= 11 is 0. The Hall–Kier alpha value is -1.62. The van der Waals surface area contributed by atoms with Crippen LogP contribution in [0.2, 0.25) is 0 Å². The first-order chi connectivity index (χ1) is 7.57. The van der Waals surface area contributed by atoms with Gasteiger partial charge < -0.3 is 0 Å². The number of benzene rings is 1. The Kier molecular flexibility index (Phi) is 2.55. The van der Waals surface area contributed by atoms with Crippen LogP contribution in [-0.2, 0) is 10.0 Å². The number of carbonyl (C=O) groups excluding carboxylic acids is 1. The summed E-state index contributed by atoms with van der Waals surface area (Å²) in [6.45, 7) is 1.82. The average molecular weight is 237 g/mol. The smallest absolute Gasteiger partial charge is 0.267 e. The molecule has 0 aromatic heterocycles. The summed E-state index contributed by atoms with van der Waals surface area (Å²) in [6, 6.07) is 8.39. The molecule has 0 aliphatic carbocycles. The molecule has 0 saturated carbocycles. The topological polar surface area (TPSA) is 54.5 Å². The van der Waals surface area contributed by atoms with Crippen molar-refractivity contribution < 1.29 is 13.2 Å². The highest BCUT2D eigenvalue weighted by atomic mass is 32.2. The van der Waals surface area contributed by atoms with Crippen molar-refractivity contribution in [3.05, 3.63) is 46.9 Å². The van der Waals surface area contributed by atoms with E-state index in [1.807, 2.05) is 0 Å². The maximum Gasteiger partial charge on any atom is 0.267 e. The van der Waals surface area contributed by atoms with Crippen molar-refractivity contribution in [2.75, 3.05) is 6.54 Å². The van der Waals surface area contributed by atoms with Crippen molar-refractivity contribution in [1.82, 2.24) is 4.31 Å². The maximum absolute atomic E-state index is 11.8. The molecule has 0 atom stereocenters. The van der Waals surface area contributed by atoms with Crippen LogP contribution in [0.3, 0.4) is 0 Å². The lowest BCUT2D eigenvalue weighted by Gasteiger charge is -2.32. The van der Waals surface area contributed by atoms with Crippen molar-refractivity contribution in [2.45, 2.75) is 6.92 Å². The zero-order valence-corrected chi connectivity index (χ0v) is 9.57. The van der Waals surface area contributed by atoms with E-state index >= 15 is 0 Å². The summed E-state index contributed by atoms with van der Waals surface area (Å²) in [4.78, 5) is 12.1. The maximum atomic E-state index is 11.8. The van der Waals surface area contributed by atoms with Crippen molar-refractivity contribution in [3.8, 4) is 0 Å². The minimum absolute atomic E-state index is 0.173. The molecule has 1 aliphatic heterocycles. The van der Waals surface area contributed by atoms with E-state index in [1.54, 1.807) is 37.3 Å². The number of hydrogen-bond acceptors (Lipinski definition) is 3. The van der Waals surface area contributed by atoms with Gasteiger partial charge in [-0.25, -0.2) is 12.7 Å². The fourth-order valence-electron chi connectivity index (χ4n) is 1.53. The van der Waals surface area contributed by atoms with Crippen LogP contribution in [0.25, 0.3) is 0 Å². The van der Waals surface area contributed by atoms with Crippen LogP contribution in [0.15, 0.2) is 41.3 Å². The van der Waals surface area contributed by atoms with Gasteiger partial charge in [-0.2, -0.15) is 0 Å². The second-order valence-electron chi connectivity index (χ2n) is 3.44. The molecule has 1 fully saturated rings. The van der Waals surface area contributed by atoms with Crippen LogP contribution >= 0.6 is 0 Å². The van der Waals surface area contributed by atoms with Gasteiger partial charge in [0.05, 0.1) is 11.4 Å². The molecule has 1 amide bonds. The van der Waals surface area contributed by atoms with Crippen LogP contribution in [-0.4, -0.2) is 25.2 Å². The van der Waals surface area contributed by atoms with Crippen molar-refractivity contribution in [2.24, 2.45) is 0 Å². The van der Waals surface area contributed by atoms with Gasteiger partial charge in [-0.15, -0.1) is 0 Å². The molecule has 4 nitrogen and oxygen atoms in total. The monoisotopic (exact) mass is 237 g/mol. The number of sulfonamides is 1. The third kappa shape index (κ3) is 1.53. The number of allylic oxidation sites excluding steroid dienone is 1. The van der Waals surface area contributed by atoms with E-state index in [2.05, 4.69) is 0 Å². The quantitative estimate of drug-likeness (QED) is 0.741. The number of nitrogens with zero attached hydrogens (tertiary/aromatic N) is 1. The first-order valence-electron chi connectivity index (χ1n) is 4.84.